The highest BCUT2D eigenvalue weighted by Gasteiger charge is 2.18. The summed E-state index contributed by atoms with van der Waals surface area (Å²) in [6, 6.07) is 10.4. The third-order valence-corrected chi connectivity index (χ3v) is 4.81. The van der Waals surface area contributed by atoms with Crippen molar-refractivity contribution in [2.45, 2.75) is 13.8 Å². The first-order valence-corrected chi connectivity index (χ1v) is 8.33. The lowest BCUT2D eigenvalue weighted by atomic mass is 10.2. The molecule has 0 aliphatic carbocycles. The molecule has 22 heavy (non-hydrogen) atoms. The number of nitrogens with zero attached hydrogens (tertiary/aromatic N) is 3. The molecule has 0 saturated heterocycles. The van der Waals surface area contributed by atoms with Crippen molar-refractivity contribution >= 4 is 28.1 Å². The Labute approximate surface area is 134 Å². The number of carbonyl (C=O) groups is 1. The van der Waals surface area contributed by atoms with Gasteiger partial charge in [0.25, 0.3) is 5.91 Å². The van der Waals surface area contributed by atoms with Gasteiger partial charge in [0.2, 0.25) is 0 Å². The highest BCUT2D eigenvalue weighted by atomic mass is 32.1. The maximum atomic E-state index is 12.4. The molecule has 3 aromatic rings. The predicted molar refractivity (Wildman–Crippen MR) is 91.3 cm³/mol. The number of carbonyl (C=O) groups excluding carboxylic acids is 1. The number of aryl methyl sites for hydroxylation is 1. The first kappa shape index (κ1) is 14.8. The Morgan fingerprint density at radius 3 is 2.68 bits per heavy atom. The number of amides is 1. The minimum atomic E-state index is 0.00580. The molecule has 2 heterocycles. The maximum absolute atomic E-state index is 12.4. The van der Waals surface area contributed by atoms with Crippen LogP contribution in [0.15, 0.2) is 35.7 Å². The molecule has 0 unspecified atom stereocenters. The number of thiazole rings is 1. The van der Waals surface area contributed by atoms with E-state index in [1.54, 1.807) is 4.90 Å². The molecule has 0 bridgehead atoms. The summed E-state index contributed by atoms with van der Waals surface area (Å²) in [5.41, 5.74) is 2.75. The van der Waals surface area contributed by atoms with Crippen LogP contribution < -0.4 is 0 Å². The molecule has 3 rings (SSSR count). The van der Waals surface area contributed by atoms with Crippen molar-refractivity contribution in [1.29, 1.82) is 0 Å². The normalized spacial score (nSPS) is 11.0. The van der Waals surface area contributed by atoms with Crippen molar-refractivity contribution in [3.63, 3.8) is 0 Å². The second-order valence-corrected chi connectivity index (χ2v) is 6.02. The quantitative estimate of drug-likeness (QED) is 0.735. The molecule has 114 valence electrons. The average molecular weight is 313 g/mol. The van der Waals surface area contributed by atoms with Gasteiger partial charge in [0, 0.05) is 36.4 Å². The second kappa shape index (κ2) is 5.93. The molecule has 0 aliphatic heterocycles. The van der Waals surface area contributed by atoms with E-state index in [0.717, 1.165) is 10.7 Å². The van der Waals surface area contributed by atoms with Gasteiger partial charge in [-0.25, -0.2) is 4.98 Å². The summed E-state index contributed by atoms with van der Waals surface area (Å²) in [5.74, 6) is 0.00580. The fourth-order valence-corrected chi connectivity index (χ4v) is 3.50. The molecule has 0 atom stereocenters. The molecule has 4 nitrogen and oxygen atoms in total. The van der Waals surface area contributed by atoms with Gasteiger partial charge in [-0.3, -0.25) is 4.79 Å². The van der Waals surface area contributed by atoms with Gasteiger partial charge in [-0.15, -0.1) is 11.3 Å². The van der Waals surface area contributed by atoms with Crippen molar-refractivity contribution in [2.75, 3.05) is 13.1 Å². The summed E-state index contributed by atoms with van der Waals surface area (Å²) in [6.07, 6.45) is 0. The Hall–Kier alpha value is -2.14. The summed E-state index contributed by atoms with van der Waals surface area (Å²) >= 11 is 1.52. The summed E-state index contributed by atoms with van der Waals surface area (Å²) in [4.78, 5) is 18.7. The van der Waals surface area contributed by atoms with Gasteiger partial charge < -0.3 is 9.47 Å². The lowest BCUT2D eigenvalue weighted by Gasteiger charge is -2.16. The largest absolute Gasteiger partial charge is 0.342 e. The third kappa shape index (κ3) is 2.41. The Kier molecular flexibility index (Phi) is 3.98. The van der Waals surface area contributed by atoms with E-state index in [-0.39, 0.29) is 5.91 Å². The van der Waals surface area contributed by atoms with Crippen LogP contribution in [-0.2, 0) is 7.05 Å². The van der Waals surface area contributed by atoms with E-state index < -0.39 is 0 Å². The highest BCUT2D eigenvalue weighted by Crippen LogP contribution is 2.29. The van der Waals surface area contributed by atoms with Crippen LogP contribution in [0.2, 0.25) is 0 Å². The third-order valence-electron chi connectivity index (χ3n) is 3.94. The number of aromatic nitrogens is 2. The molecule has 0 aliphatic rings. The molecule has 0 N–H and O–H groups in total. The molecule has 0 spiro atoms. The Balaban J connectivity index is 1.99. The number of hydrogen-bond acceptors (Lipinski definition) is 3. The fourth-order valence-electron chi connectivity index (χ4n) is 2.66. The maximum Gasteiger partial charge on any atom is 0.273 e. The van der Waals surface area contributed by atoms with Gasteiger partial charge in [-0.2, -0.15) is 0 Å². The van der Waals surface area contributed by atoms with Crippen molar-refractivity contribution in [3.8, 4) is 10.7 Å². The van der Waals surface area contributed by atoms with Gasteiger partial charge in [-0.05, 0) is 26.0 Å². The average Bonchev–Trinajstić information content (AvgIpc) is 3.14. The van der Waals surface area contributed by atoms with Crippen LogP contribution in [-0.4, -0.2) is 33.4 Å². The van der Waals surface area contributed by atoms with Gasteiger partial charge in [0.05, 0.1) is 5.69 Å². The lowest BCUT2D eigenvalue weighted by Crippen LogP contribution is -2.30. The van der Waals surface area contributed by atoms with E-state index in [2.05, 4.69) is 27.8 Å². The highest BCUT2D eigenvalue weighted by molar-refractivity contribution is 7.13. The molecule has 0 fully saturated rings. The molecule has 0 radical (unpaired) electrons. The summed E-state index contributed by atoms with van der Waals surface area (Å²) < 4.78 is 2.12. The van der Waals surface area contributed by atoms with E-state index in [1.165, 1.54) is 22.2 Å². The topological polar surface area (TPSA) is 38.1 Å². The number of fused-ring (bicyclic) bond motifs is 1. The first-order valence-electron chi connectivity index (χ1n) is 7.45. The lowest BCUT2D eigenvalue weighted by molar-refractivity contribution is 0.0768. The van der Waals surface area contributed by atoms with Crippen LogP contribution in [0.4, 0.5) is 0 Å². The smallest absolute Gasteiger partial charge is 0.273 e. The predicted octanol–water partition coefficient (Wildman–Crippen LogP) is 3.78. The molecule has 1 amide bonds. The van der Waals surface area contributed by atoms with E-state index in [0.29, 0.717) is 18.8 Å². The molecular weight excluding hydrogens is 294 g/mol. The Morgan fingerprint density at radius 1 is 1.27 bits per heavy atom. The zero-order valence-electron chi connectivity index (χ0n) is 13.0. The van der Waals surface area contributed by atoms with Crippen molar-refractivity contribution in [2.24, 2.45) is 7.05 Å². The minimum absolute atomic E-state index is 0.00580. The zero-order chi connectivity index (χ0) is 15.7. The van der Waals surface area contributed by atoms with Crippen LogP contribution in [0.25, 0.3) is 21.6 Å². The Morgan fingerprint density at radius 2 is 2.00 bits per heavy atom. The van der Waals surface area contributed by atoms with E-state index >= 15 is 0 Å². The molecule has 2 aromatic heterocycles. The molecule has 0 saturated carbocycles. The summed E-state index contributed by atoms with van der Waals surface area (Å²) in [5, 5.41) is 3.93. The van der Waals surface area contributed by atoms with Gasteiger partial charge in [0.15, 0.2) is 0 Å². The van der Waals surface area contributed by atoms with Crippen LogP contribution in [0.1, 0.15) is 24.3 Å². The van der Waals surface area contributed by atoms with Gasteiger partial charge in [0.1, 0.15) is 10.7 Å². The standard InChI is InChI=1S/C17H19N3OS/c1-4-20(5-2)17(21)13-11-22-16(18-13)15-10-12-8-6-7-9-14(12)19(15)3/h6-11H,4-5H2,1-3H3. The van der Waals surface area contributed by atoms with Crippen molar-refractivity contribution < 1.29 is 4.79 Å². The number of hydrogen-bond donors (Lipinski definition) is 0. The fraction of sp³-hybridized carbons (Fsp3) is 0.294. The van der Waals surface area contributed by atoms with Crippen molar-refractivity contribution in [1.82, 2.24) is 14.5 Å². The monoisotopic (exact) mass is 313 g/mol. The van der Waals surface area contributed by atoms with E-state index in [9.17, 15) is 4.79 Å². The summed E-state index contributed by atoms with van der Waals surface area (Å²) in [7, 11) is 2.03. The SMILES string of the molecule is CCN(CC)C(=O)c1csc(-c2cc3ccccc3n2C)n1. The van der Waals surface area contributed by atoms with Crippen LogP contribution in [0.3, 0.4) is 0 Å². The van der Waals surface area contributed by atoms with Crippen LogP contribution in [0, 0.1) is 0 Å². The van der Waals surface area contributed by atoms with E-state index in [1.807, 2.05) is 38.4 Å². The second-order valence-electron chi connectivity index (χ2n) is 5.16. The number of para-hydroxylation sites is 1. The van der Waals surface area contributed by atoms with Crippen LogP contribution in [0.5, 0.6) is 0 Å². The summed E-state index contributed by atoms with van der Waals surface area (Å²) in [6.45, 7) is 5.38. The minimum Gasteiger partial charge on any atom is -0.342 e. The van der Waals surface area contributed by atoms with E-state index in [4.69, 9.17) is 0 Å². The molecular formula is C17H19N3OS. The molecule has 1 aromatic carbocycles. The Bertz CT molecular complexity index is 814. The van der Waals surface area contributed by atoms with Crippen molar-refractivity contribution in [3.05, 3.63) is 41.4 Å². The number of benzene rings is 1. The van der Waals surface area contributed by atoms with Gasteiger partial charge in [-0.1, -0.05) is 18.2 Å². The molecule has 5 heteroatoms. The number of rotatable bonds is 4. The van der Waals surface area contributed by atoms with Crippen LogP contribution >= 0.6 is 11.3 Å². The first-order chi connectivity index (χ1) is 10.7. The zero-order valence-corrected chi connectivity index (χ0v) is 13.9. The van der Waals surface area contributed by atoms with Gasteiger partial charge >= 0.3 is 0 Å².